The van der Waals surface area contributed by atoms with Crippen LogP contribution < -0.4 is 0 Å². The molecule has 1 atom stereocenters. The monoisotopic (exact) mass is 349 g/mol. The van der Waals surface area contributed by atoms with Gasteiger partial charge in [0.2, 0.25) is 0 Å². The molecule has 3 nitrogen and oxygen atoms in total. The highest BCUT2D eigenvalue weighted by Crippen LogP contribution is 2.30. The lowest BCUT2D eigenvalue weighted by molar-refractivity contribution is -0.458. The average Bonchev–Trinajstić information content (AvgIpc) is 2.59. The number of nitrogens with zero attached hydrogens (tertiary/aromatic N) is 1. The lowest BCUT2D eigenvalue weighted by Crippen LogP contribution is -2.25. The van der Waals surface area contributed by atoms with Crippen molar-refractivity contribution in [1.82, 2.24) is 0 Å². The minimum absolute atomic E-state index is 0.0326. The van der Waals surface area contributed by atoms with Crippen molar-refractivity contribution in [1.29, 1.82) is 0 Å². The number of hydrogen-bond acceptors (Lipinski definition) is 2. The Morgan fingerprint density at radius 3 is 2.44 bits per heavy atom. The number of halogens is 3. The molecule has 0 aliphatic rings. The molecular weight excluding hydrogens is 331 g/mol. The predicted octanol–water partition coefficient (Wildman–Crippen LogP) is 4.54. The Bertz CT molecular complexity index is 755. The smallest absolute Gasteiger partial charge is 0.416 e. The van der Waals surface area contributed by atoms with Crippen molar-refractivity contribution in [3.63, 3.8) is 0 Å². The highest BCUT2D eigenvalue weighted by atomic mass is 19.4. The van der Waals surface area contributed by atoms with E-state index in [0.29, 0.717) is 16.7 Å². The second kappa shape index (κ2) is 7.96. The minimum Gasteiger partial charge on any atom is -0.624 e. The molecule has 2 aromatic carbocycles. The van der Waals surface area contributed by atoms with Crippen LogP contribution in [0.2, 0.25) is 0 Å². The number of hydrogen-bond donors (Lipinski definition) is 0. The second-order valence-corrected chi connectivity index (χ2v) is 5.69. The zero-order valence-electron chi connectivity index (χ0n) is 13.7. The summed E-state index contributed by atoms with van der Waals surface area (Å²) in [5, 5.41) is 12.1. The Morgan fingerprint density at radius 1 is 1.16 bits per heavy atom. The summed E-state index contributed by atoms with van der Waals surface area (Å²) in [6, 6.07) is 13.2. The number of rotatable bonds is 6. The van der Waals surface area contributed by atoms with E-state index in [-0.39, 0.29) is 12.1 Å². The molecule has 0 aliphatic heterocycles. The lowest BCUT2D eigenvalue weighted by atomic mass is 9.94. The zero-order chi connectivity index (χ0) is 18.4. The van der Waals surface area contributed by atoms with Gasteiger partial charge < -0.3 is 5.21 Å². The van der Waals surface area contributed by atoms with Crippen LogP contribution in [-0.4, -0.2) is 23.3 Å². The van der Waals surface area contributed by atoms with Gasteiger partial charge in [0, 0.05) is 11.1 Å². The Labute approximate surface area is 144 Å². The average molecular weight is 349 g/mol. The van der Waals surface area contributed by atoms with Crippen LogP contribution in [0.3, 0.4) is 0 Å². The number of benzene rings is 2. The summed E-state index contributed by atoms with van der Waals surface area (Å²) in [6.07, 6.45) is -2.79. The van der Waals surface area contributed by atoms with Gasteiger partial charge in [-0.15, -0.1) is 0 Å². The second-order valence-electron chi connectivity index (χ2n) is 5.69. The summed E-state index contributed by atoms with van der Waals surface area (Å²) in [4.78, 5) is 12.5. The van der Waals surface area contributed by atoms with Gasteiger partial charge in [0.05, 0.1) is 11.5 Å². The molecule has 0 amide bonds. The predicted molar refractivity (Wildman–Crippen MR) is 89.7 cm³/mol. The topological polar surface area (TPSA) is 43.1 Å². The van der Waals surface area contributed by atoms with Gasteiger partial charge in [-0.3, -0.25) is 4.79 Å². The molecule has 2 rings (SSSR count). The molecule has 0 aliphatic carbocycles. The summed E-state index contributed by atoms with van der Waals surface area (Å²) in [5.41, 5.74) is -0.211. The number of carbonyl (C=O) groups excluding carboxylic acids is 1. The molecule has 2 aromatic rings. The first-order valence-electron chi connectivity index (χ1n) is 7.86. The molecular formula is C19H18F3NO2. The minimum atomic E-state index is -4.51. The largest absolute Gasteiger partial charge is 0.624 e. The summed E-state index contributed by atoms with van der Waals surface area (Å²) in [5.74, 6) is -1.14. The molecule has 0 aromatic heterocycles. The lowest BCUT2D eigenvalue weighted by Gasteiger charge is -2.15. The van der Waals surface area contributed by atoms with Crippen molar-refractivity contribution < 1.29 is 22.7 Å². The van der Waals surface area contributed by atoms with Gasteiger partial charge in [-0.1, -0.05) is 37.3 Å². The van der Waals surface area contributed by atoms with Crippen molar-refractivity contribution >= 4 is 12.0 Å². The molecule has 0 spiro atoms. The van der Waals surface area contributed by atoms with E-state index in [4.69, 9.17) is 0 Å². The standard InChI is InChI=1S/C19H18F3NO2/c1-2-15(13-23(25)12-14-7-4-3-5-8-14)18(24)16-9-6-10-17(11-16)19(20,21)22/h3-12,15H,2,13H2,1H3. The number of carbonyl (C=O) groups is 1. The van der Waals surface area contributed by atoms with Crippen LogP contribution in [0.4, 0.5) is 13.2 Å². The third kappa shape index (κ3) is 5.17. The van der Waals surface area contributed by atoms with E-state index in [0.717, 1.165) is 12.1 Å². The van der Waals surface area contributed by atoms with Crippen LogP contribution in [0.1, 0.15) is 34.8 Å². The quantitative estimate of drug-likeness (QED) is 0.253. The van der Waals surface area contributed by atoms with E-state index in [1.807, 2.05) is 6.07 Å². The molecule has 132 valence electrons. The Balaban J connectivity index is 2.17. The molecule has 0 N–H and O–H groups in total. The van der Waals surface area contributed by atoms with Crippen LogP contribution in [0.15, 0.2) is 54.6 Å². The molecule has 1 unspecified atom stereocenters. The van der Waals surface area contributed by atoms with E-state index >= 15 is 0 Å². The molecule has 6 heteroatoms. The van der Waals surface area contributed by atoms with Gasteiger partial charge in [-0.05, 0) is 30.7 Å². The van der Waals surface area contributed by atoms with Gasteiger partial charge >= 0.3 is 6.18 Å². The summed E-state index contributed by atoms with van der Waals surface area (Å²) in [7, 11) is 0. The first-order chi connectivity index (χ1) is 11.8. The maximum atomic E-state index is 12.8. The fourth-order valence-corrected chi connectivity index (χ4v) is 2.46. The van der Waals surface area contributed by atoms with Gasteiger partial charge in [0.15, 0.2) is 18.5 Å². The summed E-state index contributed by atoms with van der Waals surface area (Å²) >= 11 is 0. The van der Waals surface area contributed by atoms with E-state index < -0.39 is 23.4 Å². The molecule has 0 fully saturated rings. The number of Topliss-reactive ketones (excluding diaryl/α,β-unsaturated/α-hetero) is 1. The maximum absolute atomic E-state index is 12.8. The van der Waals surface area contributed by atoms with Crippen molar-refractivity contribution in [3.8, 4) is 0 Å². The zero-order valence-corrected chi connectivity index (χ0v) is 13.7. The Morgan fingerprint density at radius 2 is 1.84 bits per heavy atom. The molecule has 0 saturated heterocycles. The van der Waals surface area contributed by atoms with Gasteiger partial charge in [-0.25, -0.2) is 4.74 Å². The van der Waals surface area contributed by atoms with Crippen molar-refractivity contribution in [2.75, 3.05) is 6.54 Å². The van der Waals surface area contributed by atoms with Crippen LogP contribution in [-0.2, 0) is 6.18 Å². The van der Waals surface area contributed by atoms with Crippen molar-refractivity contribution in [2.45, 2.75) is 19.5 Å². The van der Waals surface area contributed by atoms with Crippen molar-refractivity contribution in [3.05, 3.63) is 76.5 Å². The van der Waals surface area contributed by atoms with Crippen LogP contribution >= 0.6 is 0 Å². The maximum Gasteiger partial charge on any atom is 0.416 e. The first kappa shape index (κ1) is 18.7. The van der Waals surface area contributed by atoms with Gasteiger partial charge in [0.1, 0.15) is 0 Å². The highest BCUT2D eigenvalue weighted by molar-refractivity contribution is 5.98. The summed E-state index contributed by atoms with van der Waals surface area (Å²) < 4.78 is 39.0. The molecule has 0 saturated carbocycles. The van der Waals surface area contributed by atoms with Gasteiger partial charge in [-0.2, -0.15) is 13.2 Å². The Kier molecular flexibility index (Phi) is 5.96. The van der Waals surface area contributed by atoms with Crippen molar-refractivity contribution in [2.24, 2.45) is 5.92 Å². The Hall–Kier alpha value is -2.63. The number of alkyl halides is 3. The normalized spacial score (nSPS) is 13.5. The molecule has 0 bridgehead atoms. The number of hydroxylamine groups is 1. The van der Waals surface area contributed by atoms with E-state index in [9.17, 15) is 23.2 Å². The van der Waals surface area contributed by atoms with E-state index in [2.05, 4.69) is 0 Å². The SMILES string of the molecule is CCC(C[N+]([O-])=Cc1ccccc1)C(=O)c1cccc(C(F)(F)F)c1. The molecule has 25 heavy (non-hydrogen) atoms. The fraction of sp³-hybridized carbons (Fsp3) is 0.263. The van der Waals surface area contributed by atoms with Crippen LogP contribution in [0, 0.1) is 11.1 Å². The summed E-state index contributed by atoms with van der Waals surface area (Å²) in [6.45, 7) is 1.62. The third-order valence-corrected chi connectivity index (χ3v) is 3.83. The number of ketones is 1. The third-order valence-electron chi connectivity index (χ3n) is 3.83. The molecule has 0 heterocycles. The van der Waals surface area contributed by atoms with Crippen LogP contribution in [0.5, 0.6) is 0 Å². The highest BCUT2D eigenvalue weighted by Gasteiger charge is 2.31. The van der Waals surface area contributed by atoms with E-state index in [1.165, 1.54) is 18.3 Å². The van der Waals surface area contributed by atoms with Crippen LogP contribution in [0.25, 0.3) is 0 Å². The molecule has 0 radical (unpaired) electrons. The fourth-order valence-electron chi connectivity index (χ4n) is 2.46. The van der Waals surface area contributed by atoms with E-state index in [1.54, 1.807) is 31.2 Å². The van der Waals surface area contributed by atoms with Gasteiger partial charge in [0.25, 0.3) is 0 Å². The first-order valence-corrected chi connectivity index (χ1v) is 7.86.